The number of hydrogen-bond donors (Lipinski definition) is 3. The predicted octanol–water partition coefficient (Wildman–Crippen LogP) is -1.03. The zero-order chi connectivity index (χ0) is 19.6. The molecule has 0 aliphatic carbocycles. The lowest BCUT2D eigenvalue weighted by Crippen LogP contribution is -2.39. The van der Waals surface area contributed by atoms with Gasteiger partial charge in [-0.3, -0.25) is 19.1 Å². The number of hydrogen-bond acceptors (Lipinski definition) is 7. The molecule has 0 saturated carbocycles. The van der Waals surface area contributed by atoms with Gasteiger partial charge in [0, 0.05) is 11.8 Å². The normalized spacial score (nSPS) is 26.0. The minimum atomic E-state index is -1.35. The van der Waals surface area contributed by atoms with Gasteiger partial charge in [-0.15, -0.1) is 13.2 Å². The number of aliphatic hydroxyl groups excluding tert-OH is 2. The number of esters is 1. The predicted molar refractivity (Wildman–Crippen MR) is 98.3 cm³/mol. The zero-order valence-corrected chi connectivity index (χ0v) is 15.9. The minimum Gasteiger partial charge on any atom is -0.469 e. The van der Waals surface area contributed by atoms with Crippen molar-refractivity contribution in [3.05, 3.63) is 32.6 Å². The van der Waals surface area contributed by atoms with Crippen molar-refractivity contribution in [3.8, 4) is 0 Å². The van der Waals surface area contributed by atoms with Gasteiger partial charge >= 0.3 is 11.7 Å². The summed E-state index contributed by atoms with van der Waals surface area (Å²) in [4.78, 5) is 37.5. The molecule has 1 aromatic rings. The zero-order valence-electron chi connectivity index (χ0n) is 15.0. The molecule has 3 N–H and O–H groups in total. The molecule has 1 unspecified atom stereocenters. The van der Waals surface area contributed by atoms with E-state index in [1.807, 2.05) is 13.3 Å². The number of nitrogens with zero attached hydrogens (tertiary/aromatic N) is 1. The minimum absolute atomic E-state index is 0.00462. The summed E-state index contributed by atoms with van der Waals surface area (Å²) in [5, 5.41) is 20.5. The third-order valence-corrected chi connectivity index (χ3v) is 5.70. The van der Waals surface area contributed by atoms with Crippen LogP contribution in [-0.4, -0.2) is 76.9 Å². The third kappa shape index (κ3) is 4.73. The Hall–Kier alpha value is -1.67. The monoisotopic (exact) mass is 388 g/mol. The number of aromatic nitrogens is 2. The molecule has 146 valence electrons. The van der Waals surface area contributed by atoms with Gasteiger partial charge in [0.25, 0.3) is 5.56 Å². The molecule has 0 aromatic carbocycles. The van der Waals surface area contributed by atoms with Crippen LogP contribution in [-0.2, 0) is 20.7 Å². The van der Waals surface area contributed by atoms with Gasteiger partial charge in [0.15, 0.2) is 6.23 Å². The number of H-pyrrole nitrogens is 1. The first kappa shape index (κ1) is 20.6. The van der Waals surface area contributed by atoms with E-state index in [4.69, 9.17) is 4.74 Å². The molecule has 1 aromatic heterocycles. The highest BCUT2D eigenvalue weighted by atomic mass is 31.2. The van der Waals surface area contributed by atoms with Gasteiger partial charge in [0.05, 0.1) is 19.6 Å². The maximum absolute atomic E-state index is 12.1. The summed E-state index contributed by atoms with van der Waals surface area (Å²) >= 11 is 0. The smallest absolute Gasteiger partial charge is 0.330 e. The van der Waals surface area contributed by atoms with Crippen LogP contribution in [0.3, 0.4) is 0 Å². The van der Waals surface area contributed by atoms with Gasteiger partial charge < -0.3 is 19.7 Å². The van der Waals surface area contributed by atoms with Crippen LogP contribution in [0.25, 0.3) is 0 Å². The van der Waals surface area contributed by atoms with Crippen molar-refractivity contribution < 1.29 is 24.5 Å². The number of carbonyl (C=O) groups is 1. The van der Waals surface area contributed by atoms with E-state index in [-0.39, 0.29) is 12.0 Å². The van der Waals surface area contributed by atoms with Gasteiger partial charge in [-0.25, -0.2) is 4.79 Å². The van der Waals surface area contributed by atoms with Gasteiger partial charge in [0.2, 0.25) is 0 Å². The Labute approximate surface area is 150 Å². The van der Waals surface area contributed by atoms with Gasteiger partial charge in [-0.05, 0) is 25.9 Å². The van der Waals surface area contributed by atoms with Crippen LogP contribution in [0.4, 0.5) is 0 Å². The maximum atomic E-state index is 12.1. The number of aromatic amines is 1. The van der Waals surface area contributed by atoms with E-state index in [0.29, 0.717) is 6.42 Å². The Balaban J connectivity index is 2.28. The maximum Gasteiger partial charge on any atom is 0.330 e. The average Bonchev–Trinajstić information content (AvgIpc) is 2.82. The van der Waals surface area contributed by atoms with Crippen LogP contribution in [0.5, 0.6) is 0 Å². The Kier molecular flexibility index (Phi) is 6.29. The molecule has 1 aliphatic rings. The Bertz CT molecular complexity index is 825. The van der Waals surface area contributed by atoms with Crippen LogP contribution in [0, 0.1) is 0 Å². The lowest BCUT2D eigenvalue weighted by Gasteiger charge is -2.19. The molecule has 2 rings (SSSR count). The van der Waals surface area contributed by atoms with Crippen molar-refractivity contribution in [3.63, 3.8) is 0 Å². The van der Waals surface area contributed by atoms with Crippen LogP contribution in [0.15, 0.2) is 15.8 Å². The first-order chi connectivity index (χ1) is 12.0. The van der Waals surface area contributed by atoms with Crippen molar-refractivity contribution in [2.45, 2.75) is 37.4 Å². The number of aliphatic hydroxyl groups is 2. The van der Waals surface area contributed by atoms with E-state index in [0.717, 1.165) is 16.9 Å². The standard InChI is InChI=1S/C16H25N2O7P/c1-24-11(19)7-9-8-18(16(23)17-14(9)22)15-13(21)12(20)10(25-15)5-6-26(2,3)4/h8,10,12-13,15,20-21H,2,5-7H2,1,3-4H3,(H,17,22,23)/t10-,12-,13-,15?/m1/s1. The Morgan fingerprint density at radius 1 is 1.38 bits per heavy atom. The molecule has 1 fully saturated rings. The topological polar surface area (TPSA) is 131 Å². The van der Waals surface area contributed by atoms with Gasteiger partial charge in [-0.2, -0.15) is 0 Å². The van der Waals surface area contributed by atoms with Crippen molar-refractivity contribution in [1.29, 1.82) is 0 Å². The van der Waals surface area contributed by atoms with Gasteiger partial charge in [0.1, 0.15) is 12.2 Å². The fraction of sp³-hybridized carbons (Fsp3) is 0.625. The number of ether oxygens (including phenoxy) is 2. The lowest BCUT2D eigenvalue weighted by atomic mass is 10.1. The highest BCUT2D eigenvalue weighted by Crippen LogP contribution is 2.39. The van der Waals surface area contributed by atoms with Crippen LogP contribution in [0.2, 0.25) is 0 Å². The summed E-state index contributed by atoms with van der Waals surface area (Å²) in [5.41, 5.74) is -1.52. The Morgan fingerprint density at radius 2 is 2.04 bits per heavy atom. The molecule has 1 saturated heterocycles. The molecule has 10 heteroatoms. The molecule has 0 spiro atoms. The Morgan fingerprint density at radius 3 is 2.62 bits per heavy atom. The van der Waals surface area contributed by atoms with E-state index in [1.165, 1.54) is 7.11 Å². The molecule has 1 aliphatic heterocycles. The van der Waals surface area contributed by atoms with Crippen molar-refractivity contribution in [1.82, 2.24) is 9.55 Å². The third-order valence-electron chi connectivity index (χ3n) is 4.23. The summed E-state index contributed by atoms with van der Waals surface area (Å²) in [6, 6.07) is 0. The highest BCUT2D eigenvalue weighted by Gasteiger charge is 2.44. The van der Waals surface area contributed by atoms with Crippen LogP contribution < -0.4 is 11.2 Å². The second-order valence-corrected chi connectivity index (χ2v) is 11.4. The molecular weight excluding hydrogens is 363 g/mol. The van der Waals surface area contributed by atoms with E-state index in [9.17, 15) is 24.6 Å². The first-order valence-electron chi connectivity index (χ1n) is 8.13. The SMILES string of the molecule is C=P(C)(C)CC[C@H]1OC(n2cc(CC(=O)OC)c(=O)[nH]c2=O)[C@H](O)[C@@H]1O. The lowest BCUT2D eigenvalue weighted by molar-refractivity contribution is -0.139. The second kappa shape index (κ2) is 7.92. The largest absolute Gasteiger partial charge is 0.469 e. The molecular formula is C16H25N2O7P. The first-order valence-corrected chi connectivity index (χ1v) is 11.2. The molecule has 2 heterocycles. The fourth-order valence-electron chi connectivity index (χ4n) is 2.74. The van der Waals surface area contributed by atoms with E-state index < -0.39 is 48.6 Å². The number of methoxy groups -OCH3 is 1. The number of rotatable bonds is 6. The van der Waals surface area contributed by atoms with E-state index in [2.05, 4.69) is 16.0 Å². The summed E-state index contributed by atoms with van der Waals surface area (Å²) in [5.74, 6) is -0.645. The summed E-state index contributed by atoms with van der Waals surface area (Å²) in [7, 11) is 1.18. The summed E-state index contributed by atoms with van der Waals surface area (Å²) in [6.45, 7) is 2.76. The molecule has 4 atom stereocenters. The molecule has 0 radical (unpaired) electrons. The molecule has 0 bridgehead atoms. The number of carbonyl (C=O) groups excluding carboxylic acids is 1. The molecule has 0 amide bonds. The fourth-order valence-corrected chi connectivity index (χ4v) is 3.70. The highest BCUT2D eigenvalue weighted by molar-refractivity contribution is 7.72. The van der Waals surface area contributed by atoms with Gasteiger partial charge in [-0.1, -0.05) is 0 Å². The molecule has 26 heavy (non-hydrogen) atoms. The quantitative estimate of drug-likeness (QED) is 0.420. The van der Waals surface area contributed by atoms with E-state index >= 15 is 0 Å². The molecule has 9 nitrogen and oxygen atoms in total. The van der Waals surface area contributed by atoms with Crippen molar-refractivity contribution >= 4 is 19.2 Å². The second-order valence-electron chi connectivity index (χ2n) is 7.07. The average molecular weight is 388 g/mol. The van der Waals surface area contributed by atoms with Crippen molar-refractivity contribution in [2.75, 3.05) is 26.6 Å². The summed E-state index contributed by atoms with van der Waals surface area (Å²) in [6.07, 6.45) is 1.82. The van der Waals surface area contributed by atoms with Crippen LogP contribution in [0.1, 0.15) is 18.2 Å². The van der Waals surface area contributed by atoms with Crippen molar-refractivity contribution in [2.24, 2.45) is 0 Å². The van der Waals surface area contributed by atoms with Crippen LogP contribution >= 0.6 is 6.89 Å². The van der Waals surface area contributed by atoms with E-state index in [1.54, 1.807) is 0 Å². The number of nitrogens with one attached hydrogen (secondary N) is 1. The summed E-state index contributed by atoms with van der Waals surface area (Å²) < 4.78 is 11.2.